The Bertz CT molecular complexity index is 862. The molecule has 5 nitrogen and oxygen atoms in total. The molecule has 0 saturated heterocycles. The fraction of sp³-hybridized carbons (Fsp3) is 0.571. The Balaban J connectivity index is 1.77. The van der Waals surface area contributed by atoms with Crippen molar-refractivity contribution in [1.82, 2.24) is 20.1 Å². The van der Waals surface area contributed by atoms with Crippen molar-refractivity contribution in [3.8, 4) is 11.4 Å². The first-order valence-electron chi connectivity index (χ1n) is 9.77. The maximum atomic E-state index is 12.8. The Morgan fingerprint density at radius 3 is 2.78 bits per heavy atom. The molecule has 1 amide bonds. The van der Waals surface area contributed by atoms with Crippen molar-refractivity contribution in [3.05, 3.63) is 34.6 Å². The molecule has 3 rings (SSSR count). The molecule has 1 fully saturated rings. The van der Waals surface area contributed by atoms with E-state index >= 15 is 0 Å². The molecule has 146 valence electrons. The summed E-state index contributed by atoms with van der Waals surface area (Å²) in [6.07, 6.45) is 4.65. The summed E-state index contributed by atoms with van der Waals surface area (Å²) in [6.45, 7) is 9.03. The van der Waals surface area contributed by atoms with Gasteiger partial charge < -0.3 is 5.32 Å². The van der Waals surface area contributed by atoms with Crippen LogP contribution in [0.4, 0.5) is 0 Å². The van der Waals surface area contributed by atoms with E-state index < -0.39 is 0 Å². The summed E-state index contributed by atoms with van der Waals surface area (Å²) in [5, 5.41) is 10.5. The van der Waals surface area contributed by atoms with E-state index in [4.69, 9.17) is 12.2 Å². The molecule has 1 aliphatic carbocycles. The van der Waals surface area contributed by atoms with Gasteiger partial charge in [0.1, 0.15) is 6.54 Å². The summed E-state index contributed by atoms with van der Waals surface area (Å²) < 4.78 is 2.26. The first kappa shape index (κ1) is 19.8. The van der Waals surface area contributed by atoms with Gasteiger partial charge >= 0.3 is 0 Å². The van der Waals surface area contributed by atoms with E-state index in [1.807, 2.05) is 25.1 Å². The van der Waals surface area contributed by atoms with Crippen LogP contribution in [0.2, 0.25) is 0 Å². The molecular weight excluding hydrogens is 356 g/mol. The molecule has 0 radical (unpaired) electrons. The number of carbonyl (C=O) groups is 1. The maximum Gasteiger partial charge on any atom is 0.240 e. The molecule has 2 atom stereocenters. The van der Waals surface area contributed by atoms with Crippen LogP contribution in [0.3, 0.4) is 0 Å². The molecule has 0 bridgehead atoms. The minimum absolute atomic E-state index is 0.00236. The van der Waals surface area contributed by atoms with Gasteiger partial charge in [-0.15, -0.1) is 0 Å². The SMILES string of the molecule is Cc1cccc(-c2n[nH]c(=S)n2CC(=O)NC2CCCCC2C(C)(C)C)c1. The Labute approximate surface area is 166 Å². The van der Waals surface area contributed by atoms with Crippen LogP contribution in [-0.4, -0.2) is 26.7 Å². The van der Waals surface area contributed by atoms with Crippen LogP contribution in [0.5, 0.6) is 0 Å². The minimum Gasteiger partial charge on any atom is -0.352 e. The summed E-state index contributed by atoms with van der Waals surface area (Å²) in [6, 6.07) is 8.30. The van der Waals surface area contributed by atoms with Crippen molar-refractivity contribution in [1.29, 1.82) is 0 Å². The second-order valence-electron chi connectivity index (χ2n) is 8.74. The predicted molar refractivity (Wildman–Crippen MR) is 111 cm³/mol. The molecule has 1 aromatic heterocycles. The smallest absolute Gasteiger partial charge is 0.240 e. The second kappa shape index (κ2) is 7.97. The lowest BCUT2D eigenvalue weighted by Gasteiger charge is -2.40. The molecule has 2 aromatic rings. The molecule has 2 unspecified atom stereocenters. The number of amides is 1. The van der Waals surface area contributed by atoms with Crippen molar-refractivity contribution >= 4 is 18.1 Å². The number of nitrogens with one attached hydrogen (secondary N) is 2. The van der Waals surface area contributed by atoms with Gasteiger partial charge in [-0.25, -0.2) is 0 Å². The largest absolute Gasteiger partial charge is 0.352 e. The maximum absolute atomic E-state index is 12.8. The van der Waals surface area contributed by atoms with Crippen LogP contribution in [0.15, 0.2) is 24.3 Å². The van der Waals surface area contributed by atoms with Crippen LogP contribution in [0.25, 0.3) is 11.4 Å². The summed E-state index contributed by atoms with van der Waals surface area (Å²) in [4.78, 5) is 12.8. The molecule has 2 N–H and O–H groups in total. The van der Waals surface area contributed by atoms with E-state index in [2.05, 4.69) is 42.4 Å². The van der Waals surface area contributed by atoms with E-state index in [9.17, 15) is 4.79 Å². The fourth-order valence-electron chi connectivity index (χ4n) is 4.21. The topological polar surface area (TPSA) is 62.7 Å². The summed E-state index contributed by atoms with van der Waals surface area (Å²) in [5.41, 5.74) is 2.30. The van der Waals surface area contributed by atoms with Crippen molar-refractivity contribution < 1.29 is 4.79 Å². The third-order valence-corrected chi connectivity index (χ3v) is 5.87. The van der Waals surface area contributed by atoms with Crippen molar-refractivity contribution in [3.63, 3.8) is 0 Å². The lowest BCUT2D eigenvalue weighted by molar-refractivity contribution is -0.123. The normalized spacial score (nSPS) is 20.4. The van der Waals surface area contributed by atoms with Gasteiger partial charge in [0, 0.05) is 11.6 Å². The number of aromatic amines is 1. The minimum atomic E-state index is 0.00236. The van der Waals surface area contributed by atoms with Crippen molar-refractivity contribution in [2.75, 3.05) is 0 Å². The number of H-pyrrole nitrogens is 1. The van der Waals surface area contributed by atoms with Crippen LogP contribution in [0, 0.1) is 23.0 Å². The molecule has 1 aliphatic rings. The quantitative estimate of drug-likeness (QED) is 0.753. The van der Waals surface area contributed by atoms with Crippen LogP contribution in [-0.2, 0) is 11.3 Å². The highest BCUT2D eigenvalue weighted by molar-refractivity contribution is 7.71. The average Bonchev–Trinajstić information content (AvgIpc) is 2.95. The third kappa shape index (κ3) is 4.67. The van der Waals surface area contributed by atoms with Gasteiger partial charge in [-0.3, -0.25) is 14.5 Å². The lowest BCUT2D eigenvalue weighted by atomic mass is 9.69. The molecule has 1 heterocycles. The fourth-order valence-corrected chi connectivity index (χ4v) is 4.40. The molecule has 6 heteroatoms. The molecule has 1 saturated carbocycles. The Morgan fingerprint density at radius 1 is 1.33 bits per heavy atom. The molecule has 27 heavy (non-hydrogen) atoms. The van der Waals surface area contributed by atoms with E-state index in [0.717, 1.165) is 17.5 Å². The number of carbonyl (C=O) groups excluding carboxylic acids is 1. The van der Waals surface area contributed by atoms with Gasteiger partial charge in [0.25, 0.3) is 0 Å². The number of aromatic nitrogens is 3. The Hall–Kier alpha value is -1.95. The molecule has 1 aromatic carbocycles. The van der Waals surface area contributed by atoms with E-state index in [1.54, 1.807) is 4.57 Å². The molecule has 0 aliphatic heterocycles. The third-order valence-electron chi connectivity index (χ3n) is 5.56. The van der Waals surface area contributed by atoms with Gasteiger partial charge in [-0.2, -0.15) is 5.10 Å². The standard InChI is InChI=1S/C21H30N4OS/c1-14-8-7-9-15(12-14)19-23-24-20(27)25(19)13-18(26)22-17-11-6-5-10-16(17)21(2,3)4/h7-9,12,16-17H,5-6,10-11,13H2,1-4H3,(H,22,26)(H,24,27). The molecule has 0 spiro atoms. The number of benzene rings is 1. The zero-order valence-corrected chi connectivity index (χ0v) is 17.5. The number of rotatable bonds is 4. The summed E-state index contributed by atoms with van der Waals surface area (Å²) in [7, 11) is 0. The average molecular weight is 387 g/mol. The van der Waals surface area contributed by atoms with Crippen LogP contribution < -0.4 is 5.32 Å². The lowest BCUT2D eigenvalue weighted by Crippen LogP contribution is -2.47. The van der Waals surface area contributed by atoms with E-state index in [-0.39, 0.29) is 23.9 Å². The van der Waals surface area contributed by atoms with Crippen LogP contribution >= 0.6 is 12.2 Å². The summed E-state index contributed by atoms with van der Waals surface area (Å²) >= 11 is 5.38. The highest BCUT2D eigenvalue weighted by Gasteiger charge is 2.34. The number of hydrogen-bond acceptors (Lipinski definition) is 3. The highest BCUT2D eigenvalue weighted by atomic mass is 32.1. The summed E-state index contributed by atoms with van der Waals surface area (Å²) in [5.74, 6) is 1.21. The van der Waals surface area contributed by atoms with Gasteiger partial charge in [0.15, 0.2) is 10.6 Å². The van der Waals surface area contributed by atoms with E-state index in [0.29, 0.717) is 16.5 Å². The van der Waals surface area contributed by atoms with Crippen LogP contribution in [0.1, 0.15) is 52.0 Å². The first-order valence-corrected chi connectivity index (χ1v) is 10.2. The molecular formula is C21H30N4OS. The van der Waals surface area contributed by atoms with Gasteiger partial charge in [-0.1, -0.05) is 57.4 Å². The Kier molecular flexibility index (Phi) is 5.84. The van der Waals surface area contributed by atoms with Crippen molar-refractivity contribution in [2.45, 2.75) is 66.0 Å². The van der Waals surface area contributed by atoms with Gasteiger partial charge in [-0.05, 0) is 49.4 Å². The zero-order valence-electron chi connectivity index (χ0n) is 16.7. The highest BCUT2D eigenvalue weighted by Crippen LogP contribution is 2.38. The second-order valence-corrected chi connectivity index (χ2v) is 9.13. The van der Waals surface area contributed by atoms with Gasteiger partial charge in [0.05, 0.1) is 0 Å². The van der Waals surface area contributed by atoms with Crippen molar-refractivity contribution in [2.24, 2.45) is 11.3 Å². The number of aryl methyl sites for hydroxylation is 1. The number of hydrogen-bond donors (Lipinski definition) is 2. The predicted octanol–water partition coefficient (Wildman–Crippen LogP) is 4.64. The zero-order chi connectivity index (χ0) is 19.6. The monoisotopic (exact) mass is 386 g/mol. The first-order chi connectivity index (χ1) is 12.8. The Morgan fingerprint density at radius 2 is 2.07 bits per heavy atom. The van der Waals surface area contributed by atoms with Gasteiger partial charge in [0.2, 0.25) is 5.91 Å². The number of nitrogens with zero attached hydrogens (tertiary/aromatic N) is 2. The van der Waals surface area contributed by atoms with E-state index in [1.165, 1.54) is 19.3 Å².